The largest absolute Gasteiger partial charge is 0.394 e. The van der Waals surface area contributed by atoms with Gasteiger partial charge in [-0.2, -0.15) is 0 Å². The molecular formula is C47H81NO3. The molecule has 0 heterocycles. The van der Waals surface area contributed by atoms with E-state index in [4.69, 9.17) is 0 Å². The van der Waals surface area contributed by atoms with Crippen LogP contribution in [0.2, 0.25) is 0 Å². The Balaban J connectivity index is 3.64. The number of carbonyl (C=O) groups is 1. The first-order valence-electron chi connectivity index (χ1n) is 21.3. The maximum absolute atomic E-state index is 12.4. The summed E-state index contributed by atoms with van der Waals surface area (Å²) in [6, 6.07) is -0.630. The van der Waals surface area contributed by atoms with E-state index >= 15 is 0 Å². The van der Waals surface area contributed by atoms with Gasteiger partial charge in [0, 0.05) is 6.42 Å². The van der Waals surface area contributed by atoms with Crippen molar-refractivity contribution in [3.05, 3.63) is 85.1 Å². The average molecular weight is 708 g/mol. The van der Waals surface area contributed by atoms with E-state index in [0.717, 1.165) is 70.6 Å². The molecular weight excluding hydrogens is 627 g/mol. The van der Waals surface area contributed by atoms with Crippen LogP contribution < -0.4 is 5.32 Å². The summed E-state index contributed by atoms with van der Waals surface area (Å²) in [5, 5.41) is 22.9. The number of carbonyl (C=O) groups excluding carboxylic acids is 1. The Morgan fingerprint density at radius 1 is 0.490 bits per heavy atom. The monoisotopic (exact) mass is 708 g/mol. The molecule has 0 aromatic rings. The molecule has 1 amide bonds. The number of hydrogen-bond acceptors (Lipinski definition) is 3. The molecule has 0 aliphatic carbocycles. The van der Waals surface area contributed by atoms with Crippen LogP contribution in [0, 0.1) is 0 Å². The molecule has 2 unspecified atom stereocenters. The number of unbranched alkanes of at least 4 members (excludes halogenated alkanes) is 18. The number of aliphatic hydroxyl groups is 2. The lowest BCUT2D eigenvalue weighted by Gasteiger charge is -2.20. The Hall–Kier alpha value is -2.43. The third kappa shape index (κ3) is 38.6. The normalized spacial score (nSPS) is 13.9. The molecule has 0 saturated heterocycles. The number of amides is 1. The van der Waals surface area contributed by atoms with E-state index < -0.39 is 12.1 Å². The second-order valence-corrected chi connectivity index (χ2v) is 14.0. The van der Waals surface area contributed by atoms with E-state index in [-0.39, 0.29) is 12.5 Å². The summed E-state index contributed by atoms with van der Waals surface area (Å²) in [6.45, 7) is 4.17. The van der Waals surface area contributed by atoms with Gasteiger partial charge in [0.25, 0.3) is 0 Å². The molecule has 0 aromatic heterocycles. The molecule has 4 nitrogen and oxygen atoms in total. The van der Waals surface area contributed by atoms with Crippen LogP contribution in [0.25, 0.3) is 0 Å². The van der Waals surface area contributed by atoms with E-state index in [9.17, 15) is 15.0 Å². The molecule has 4 heteroatoms. The second kappa shape index (κ2) is 42.0. The standard InChI is InChI=1S/C47H81NO3/c1-3-5-7-9-11-13-15-17-18-19-20-21-22-23-24-25-26-27-28-29-30-31-33-35-37-39-41-43-47(51)48-45(44-49)46(50)42-40-38-36-34-32-16-14-12-10-8-6-4-2/h5,7,11,13,17-18,20-21,23-24,26-27,40,42,45-46,49-50H,3-4,6,8-10,12,14-16,19,22,25,28-39,41,43-44H2,1-2H3,(H,48,51)/b7-5-,13-11-,18-17-,21-20-,24-23-,27-26-,42-40+. The van der Waals surface area contributed by atoms with Gasteiger partial charge in [-0.15, -0.1) is 0 Å². The fourth-order valence-corrected chi connectivity index (χ4v) is 5.89. The summed E-state index contributed by atoms with van der Waals surface area (Å²) in [5.41, 5.74) is 0. The van der Waals surface area contributed by atoms with E-state index in [2.05, 4.69) is 92.1 Å². The zero-order valence-corrected chi connectivity index (χ0v) is 33.3. The van der Waals surface area contributed by atoms with Gasteiger partial charge in [0.1, 0.15) is 0 Å². The van der Waals surface area contributed by atoms with Crippen molar-refractivity contribution in [1.29, 1.82) is 0 Å². The van der Waals surface area contributed by atoms with Gasteiger partial charge in [-0.05, 0) is 70.6 Å². The van der Waals surface area contributed by atoms with Gasteiger partial charge in [-0.3, -0.25) is 4.79 Å². The number of hydrogen-bond donors (Lipinski definition) is 3. The first-order valence-corrected chi connectivity index (χ1v) is 21.3. The van der Waals surface area contributed by atoms with Gasteiger partial charge >= 0.3 is 0 Å². The molecule has 0 aromatic carbocycles. The summed E-state index contributed by atoms with van der Waals surface area (Å²) >= 11 is 0. The summed E-state index contributed by atoms with van der Waals surface area (Å²) < 4.78 is 0. The molecule has 0 fully saturated rings. The van der Waals surface area contributed by atoms with Gasteiger partial charge < -0.3 is 15.5 Å². The van der Waals surface area contributed by atoms with Crippen LogP contribution in [0.4, 0.5) is 0 Å². The highest BCUT2D eigenvalue weighted by Gasteiger charge is 2.17. The smallest absolute Gasteiger partial charge is 0.220 e. The van der Waals surface area contributed by atoms with Crippen LogP contribution in [0.1, 0.15) is 187 Å². The highest BCUT2D eigenvalue weighted by atomic mass is 16.3. The molecule has 292 valence electrons. The lowest BCUT2D eigenvalue weighted by Crippen LogP contribution is -2.45. The van der Waals surface area contributed by atoms with Crippen molar-refractivity contribution in [3.8, 4) is 0 Å². The zero-order valence-electron chi connectivity index (χ0n) is 33.3. The lowest BCUT2D eigenvalue weighted by atomic mass is 10.0. The summed E-state index contributed by atoms with van der Waals surface area (Å²) in [6.07, 6.45) is 61.1. The number of allylic oxidation sites excluding steroid dienone is 13. The summed E-state index contributed by atoms with van der Waals surface area (Å²) in [4.78, 5) is 12.4. The van der Waals surface area contributed by atoms with E-state index in [0.29, 0.717) is 6.42 Å². The fourth-order valence-electron chi connectivity index (χ4n) is 5.89. The minimum atomic E-state index is -0.846. The van der Waals surface area contributed by atoms with Gasteiger partial charge in [-0.1, -0.05) is 195 Å². The molecule has 0 aliphatic rings. The summed E-state index contributed by atoms with van der Waals surface area (Å²) in [7, 11) is 0. The van der Waals surface area contributed by atoms with E-state index in [1.165, 1.54) is 96.3 Å². The predicted octanol–water partition coefficient (Wildman–Crippen LogP) is 13.3. The Morgan fingerprint density at radius 3 is 1.29 bits per heavy atom. The highest BCUT2D eigenvalue weighted by Crippen LogP contribution is 2.13. The maximum Gasteiger partial charge on any atom is 0.220 e. The first-order chi connectivity index (χ1) is 25.2. The Kier molecular flexibility index (Phi) is 40.0. The maximum atomic E-state index is 12.4. The van der Waals surface area contributed by atoms with Crippen LogP contribution in [0.5, 0.6) is 0 Å². The Labute approximate surface area is 316 Å². The van der Waals surface area contributed by atoms with Crippen LogP contribution in [0.15, 0.2) is 85.1 Å². The minimum Gasteiger partial charge on any atom is -0.394 e. The first kappa shape index (κ1) is 48.6. The molecule has 0 bridgehead atoms. The van der Waals surface area contributed by atoms with Crippen molar-refractivity contribution in [2.24, 2.45) is 0 Å². The van der Waals surface area contributed by atoms with Crippen molar-refractivity contribution in [2.45, 2.75) is 199 Å². The van der Waals surface area contributed by atoms with Crippen molar-refractivity contribution < 1.29 is 15.0 Å². The van der Waals surface area contributed by atoms with Crippen molar-refractivity contribution in [3.63, 3.8) is 0 Å². The van der Waals surface area contributed by atoms with Gasteiger partial charge in [0.05, 0.1) is 18.8 Å². The lowest BCUT2D eigenvalue weighted by molar-refractivity contribution is -0.123. The topological polar surface area (TPSA) is 69.6 Å². The van der Waals surface area contributed by atoms with E-state index in [1.807, 2.05) is 6.08 Å². The zero-order chi connectivity index (χ0) is 37.1. The number of aliphatic hydroxyl groups excluding tert-OH is 2. The SMILES string of the molecule is CC/C=C\C/C=C\C/C=C\C/C=C\C/C=C\C/C=C\CCCCCCCCCCC(=O)NC(CO)C(O)/C=C/CCCCCCCCCCCC. The third-order valence-corrected chi connectivity index (χ3v) is 9.13. The van der Waals surface area contributed by atoms with Crippen LogP contribution in [-0.2, 0) is 4.79 Å². The molecule has 0 aliphatic heterocycles. The highest BCUT2D eigenvalue weighted by molar-refractivity contribution is 5.76. The Bertz CT molecular complexity index is 941. The molecule has 0 rings (SSSR count). The average Bonchev–Trinajstić information content (AvgIpc) is 3.13. The molecule has 0 radical (unpaired) electrons. The predicted molar refractivity (Wildman–Crippen MR) is 225 cm³/mol. The van der Waals surface area contributed by atoms with E-state index in [1.54, 1.807) is 6.08 Å². The number of rotatable bonds is 37. The van der Waals surface area contributed by atoms with Gasteiger partial charge in [-0.25, -0.2) is 0 Å². The van der Waals surface area contributed by atoms with Crippen molar-refractivity contribution in [2.75, 3.05) is 6.61 Å². The minimum absolute atomic E-state index is 0.0782. The van der Waals surface area contributed by atoms with Crippen LogP contribution >= 0.6 is 0 Å². The quantitative estimate of drug-likeness (QED) is 0.0445. The second-order valence-electron chi connectivity index (χ2n) is 14.0. The van der Waals surface area contributed by atoms with Gasteiger partial charge in [0.15, 0.2) is 0 Å². The molecule has 2 atom stereocenters. The molecule has 51 heavy (non-hydrogen) atoms. The fraction of sp³-hybridized carbons (Fsp3) is 0.681. The van der Waals surface area contributed by atoms with Crippen molar-refractivity contribution in [1.82, 2.24) is 5.32 Å². The van der Waals surface area contributed by atoms with Gasteiger partial charge in [0.2, 0.25) is 5.91 Å². The molecule has 0 saturated carbocycles. The van der Waals surface area contributed by atoms with Crippen molar-refractivity contribution >= 4 is 5.91 Å². The number of nitrogens with one attached hydrogen (secondary N) is 1. The molecule has 0 spiro atoms. The third-order valence-electron chi connectivity index (χ3n) is 9.13. The molecule has 3 N–H and O–H groups in total. The Morgan fingerprint density at radius 2 is 0.863 bits per heavy atom. The van der Waals surface area contributed by atoms with Crippen LogP contribution in [-0.4, -0.2) is 34.9 Å². The summed E-state index contributed by atoms with van der Waals surface area (Å²) in [5.74, 6) is -0.0782. The van der Waals surface area contributed by atoms with Crippen LogP contribution in [0.3, 0.4) is 0 Å².